The van der Waals surface area contributed by atoms with Gasteiger partial charge in [-0.25, -0.2) is 0 Å². The molecule has 0 aromatic rings. The Bertz CT molecular complexity index is 1640. The molecule has 0 aromatic heterocycles. The highest BCUT2D eigenvalue weighted by atomic mass is 16.8. The summed E-state index contributed by atoms with van der Waals surface area (Å²) in [5.41, 5.74) is 0. The number of unbranched alkanes of at least 4 members (excludes halogenated alkanes) is 1. The summed E-state index contributed by atoms with van der Waals surface area (Å²) in [7, 11) is 3.57. The van der Waals surface area contributed by atoms with Gasteiger partial charge in [0.15, 0.2) is 43.5 Å². The van der Waals surface area contributed by atoms with Gasteiger partial charge in [0.1, 0.15) is 104 Å². The van der Waals surface area contributed by atoms with Gasteiger partial charge in [0.05, 0.1) is 39.1 Å². The Balaban J connectivity index is 1.33. The fourth-order valence-electron chi connectivity index (χ4n) is 9.01. The summed E-state index contributed by atoms with van der Waals surface area (Å²) in [4.78, 5) is 38.0. The number of esters is 3. The van der Waals surface area contributed by atoms with E-state index in [1.807, 2.05) is 0 Å². The minimum Gasteiger partial charge on any atom is -0.457 e. The maximum atomic E-state index is 13.4. The number of aliphatic hydroxyl groups is 12. The van der Waals surface area contributed by atoms with Crippen molar-refractivity contribution in [2.75, 3.05) is 54.4 Å². The van der Waals surface area contributed by atoms with Crippen molar-refractivity contribution in [3.63, 3.8) is 0 Å². The molecule has 5 saturated heterocycles. The highest BCUT2D eigenvalue weighted by molar-refractivity contribution is 5.71. The quantitative estimate of drug-likeness (QED) is 0.0272. The number of hydrogen-bond donors (Lipinski definition) is 12. The van der Waals surface area contributed by atoms with E-state index in [2.05, 4.69) is 0 Å². The van der Waals surface area contributed by atoms with E-state index >= 15 is 0 Å². The lowest BCUT2D eigenvalue weighted by Gasteiger charge is -2.49. The zero-order valence-electron chi connectivity index (χ0n) is 39.6. The van der Waals surface area contributed by atoms with Gasteiger partial charge in [-0.15, -0.1) is 0 Å². The minimum atomic E-state index is -2.12. The normalized spacial score (nSPS) is 44.2. The molecule has 5 aliphatic rings. The highest BCUT2D eigenvalue weighted by Gasteiger charge is 2.56. The molecule has 29 heteroatoms. The van der Waals surface area contributed by atoms with Crippen molar-refractivity contribution >= 4 is 17.9 Å². The lowest BCUT2D eigenvalue weighted by molar-refractivity contribution is -0.379. The van der Waals surface area contributed by atoms with Gasteiger partial charge >= 0.3 is 17.9 Å². The summed E-state index contributed by atoms with van der Waals surface area (Å²) in [6, 6.07) is 0. The minimum absolute atomic E-state index is 0.00406. The van der Waals surface area contributed by atoms with Gasteiger partial charge < -0.3 is 128 Å². The van der Waals surface area contributed by atoms with Gasteiger partial charge in [0, 0.05) is 41.1 Å². The summed E-state index contributed by atoms with van der Waals surface area (Å²) in [6.07, 6.45) is -40.5. The zero-order valence-corrected chi connectivity index (χ0v) is 39.6. The van der Waals surface area contributed by atoms with Crippen LogP contribution in [0.25, 0.3) is 0 Å². The van der Waals surface area contributed by atoms with Crippen LogP contribution < -0.4 is 0 Å². The second-order valence-electron chi connectivity index (χ2n) is 17.6. The standard InChI is InChI=1S/C42H70O29/c1-15-32(63-16(2)47)30(56)36(19(12-45)62-15)70-41-29(55)26(52)37(21(67-41)14-61-40-28(54)24(50)33(58-3)17(10-43)65-40)71-42-38(31(57)34(59-4)18(11-44)66-42)69-23(49)9-7-6-8-22(48)68-35-20(13-46)64-39(60-5)27(53)25(35)51/h15,17-21,24-46,50-57H,6-14H2,1-5H3. The number of methoxy groups -OCH3 is 3. The number of carbonyl (C=O) groups excluding carboxylic acids is 3. The fourth-order valence-corrected chi connectivity index (χ4v) is 9.01. The van der Waals surface area contributed by atoms with Gasteiger partial charge in [-0.2, -0.15) is 0 Å². The third-order valence-electron chi connectivity index (χ3n) is 12.8. The van der Waals surface area contributed by atoms with E-state index in [4.69, 9.17) is 66.3 Å². The zero-order chi connectivity index (χ0) is 52.4. The first kappa shape index (κ1) is 59.4. The highest BCUT2D eigenvalue weighted by Crippen LogP contribution is 2.35. The molecule has 0 radical (unpaired) electrons. The Morgan fingerprint density at radius 3 is 1.38 bits per heavy atom. The number of carbonyl (C=O) groups is 3. The Kier molecular flexibility index (Phi) is 22.9. The third-order valence-corrected chi connectivity index (χ3v) is 12.8. The van der Waals surface area contributed by atoms with Crippen LogP contribution in [-0.2, 0) is 80.7 Å². The molecule has 5 heterocycles. The van der Waals surface area contributed by atoms with Crippen molar-refractivity contribution in [2.45, 2.75) is 193 Å². The molecule has 25 atom stereocenters. The molecule has 5 fully saturated rings. The van der Waals surface area contributed by atoms with E-state index in [-0.39, 0.29) is 19.3 Å². The van der Waals surface area contributed by atoms with E-state index in [1.54, 1.807) is 0 Å². The van der Waals surface area contributed by atoms with Crippen molar-refractivity contribution < 1.29 is 142 Å². The van der Waals surface area contributed by atoms with Gasteiger partial charge in [-0.05, 0) is 19.8 Å². The molecule has 412 valence electrons. The van der Waals surface area contributed by atoms with Crippen LogP contribution in [0.5, 0.6) is 0 Å². The number of aliphatic hydroxyl groups excluding tert-OH is 12. The second-order valence-corrected chi connectivity index (χ2v) is 17.6. The molecule has 0 saturated carbocycles. The fraction of sp³-hybridized carbons (Fsp3) is 0.929. The molecule has 25 unspecified atom stereocenters. The van der Waals surface area contributed by atoms with E-state index in [0.717, 1.165) is 6.92 Å². The van der Waals surface area contributed by atoms with Crippen molar-refractivity contribution in [2.24, 2.45) is 0 Å². The molecule has 71 heavy (non-hydrogen) atoms. The van der Waals surface area contributed by atoms with E-state index in [0.29, 0.717) is 0 Å². The molecule has 0 bridgehead atoms. The average Bonchev–Trinajstić information content (AvgIpc) is 3.34. The van der Waals surface area contributed by atoms with Gasteiger partial charge in [-0.3, -0.25) is 14.4 Å². The van der Waals surface area contributed by atoms with Crippen molar-refractivity contribution in [3.05, 3.63) is 0 Å². The maximum Gasteiger partial charge on any atom is 0.306 e. The van der Waals surface area contributed by atoms with Gasteiger partial charge in [0.25, 0.3) is 0 Å². The Morgan fingerprint density at radius 1 is 0.423 bits per heavy atom. The SMILES string of the molecule is COC1OC(CO)C(OC(=O)CCCCC(=O)OC2C(OC3C(COC4OC(CO)C(OC)C(O)C4O)OC(OC4C(CO)OC(C)C(OC(C)=O)C4O)C(O)C3O)OC(CO)C(OC)C2O)C(O)C1O. The first-order chi connectivity index (χ1) is 33.8. The monoisotopic (exact) mass is 1040 g/mol. The van der Waals surface area contributed by atoms with Crippen molar-refractivity contribution in [1.82, 2.24) is 0 Å². The topological polar surface area (TPSA) is 423 Å². The van der Waals surface area contributed by atoms with Gasteiger partial charge in [0.2, 0.25) is 0 Å². The smallest absolute Gasteiger partial charge is 0.306 e. The lowest BCUT2D eigenvalue weighted by atomic mass is 9.94. The predicted octanol–water partition coefficient (Wildman–Crippen LogP) is -7.69. The summed E-state index contributed by atoms with van der Waals surface area (Å²) in [6.45, 7) is -1.18. The Labute approximate surface area is 406 Å². The largest absolute Gasteiger partial charge is 0.457 e. The number of hydrogen-bond acceptors (Lipinski definition) is 29. The summed E-state index contributed by atoms with van der Waals surface area (Å²) in [5, 5.41) is 129. The van der Waals surface area contributed by atoms with E-state index in [1.165, 1.54) is 28.3 Å². The van der Waals surface area contributed by atoms with Crippen LogP contribution in [0.2, 0.25) is 0 Å². The first-order valence-corrected chi connectivity index (χ1v) is 23.0. The van der Waals surface area contributed by atoms with Crippen LogP contribution >= 0.6 is 0 Å². The molecular formula is C42H70O29. The van der Waals surface area contributed by atoms with E-state index in [9.17, 15) is 75.7 Å². The summed E-state index contributed by atoms with van der Waals surface area (Å²) >= 11 is 0. The molecule has 0 amide bonds. The molecule has 0 spiro atoms. The Hall–Kier alpha value is -2.51. The molecule has 5 rings (SSSR count). The maximum absolute atomic E-state index is 13.4. The third kappa shape index (κ3) is 14.1. The predicted molar refractivity (Wildman–Crippen MR) is 223 cm³/mol. The molecule has 29 nitrogen and oxygen atoms in total. The lowest BCUT2D eigenvalue weighted by Crippen LogP contribution is -2.67. The summed E-state index contributed by atoms with van der Waals surface area (Å²) < 4.78 is 78.1. The second kappa shape index (κ2) is 27.3. The van der Waals surface area contributed by atoms with Crippen LogP contribution in [-0.4, -0.2) is 287 Å². The summed E-state index contributed by atoms with van der Waals surface area (Å²) in [5.74, 6) is -2.65. The molecule has 0 aromatic carbocycles. The Morgan fingerprint density at radius 2 is 0.831 bits per heavy atom. The van der Waals surface area contributed by atoms with Crippen LogP contribution in [0.3, 0.4) is 0 Å². The van der Waals surface area contributed by atoms with Crippen LogP contribution in [0.15, 0.2) is 0 Å². The van der Waals surface area contributed by atoms with Crippen LogP contribution in [0.4, 0.5) is 0 Å². The van der Waals surface area contributed by atoms with Gasteiger partial charge in [-0.1, -0.05) is 0 Å². The van der Waals surface area contributed by atoms with Crippen LogP contribution in [0, 0.1) is 0 Å². The molecule has 5 aliphatic heterocycles. The van der Waals surface area contributed by atoms with Crippen LogP contribution in [0.1, 0.15) is 39.5 Å². The first-order valence-electron chi connectivity index (χ1n) is 23.0. The number of ether oxygens (including phenoxy) is 14. The molecule has 0 aliphatic carbocycles. The van der Waals surface area contributed by atoms with Crippen molar-refractivity contribution in [1.29, 1.82) is 0 Å². The van der Waals surface area contributed by atoms with Crippen molar-refractivity contribution in [3.8, 4) is 0 Å². The average molecular weight is 1040 g/mol. The molecular weight excluding hydrogens is 968 g/mol. The number of rotatable bonds is 22. The molecule has 12 N–H and O–H groups in total. The van der Waals surface area contributed by atoms with E-state index < -0.39 is 211 Å².